The van der Waals surface area contributed by atoms with Gasteiger partial charge in [0.15, 0.2) is 6.10 Å². The van der Waals surface area contributed by atoms with E-state index in [9.17, 15) is 14.4 Å². The van der Waals surface area contributed by atoms with E-state index in [-0.39, 0.29) is 31.1 Å². The predicted molar refractivity (Wildman–Crippen MR) is 362 cm³/mol. The van der Waals surface area contributed by atoms with Crippen molar-refractivity contribution in [2.24, 2.45) is 0 Å². The molecule has 0 aliphatic carbocycles. The van der Waals surface area contributed by atoms with Crippen LogP contribution in [0.25, 0.3) is 0 Å². The lowest BCUT2D eigenvalue weighted by Gasteiger charge is -2.18. The van der Waals surface area contributed by atoms with Crippen LogP contribution >= 0.6 is 0 Å². The number of carbonyl (C=O) groups excluding carboxylic acids is 3. The quantitative estimate of drug-likeness (QED) is 0.0261. The molecule has 0 aromatic heterocycles. The maximum Gasteiger partial charge on any atom is 0.306 e. The van der Waals surface area contributed by atoms with E-state index in [1.54, 1.807) is 0 Å². The number of ether oxygens (including phenoxy) is 3. The summed E-state index contributed by atoms with van der Waals surface area (Å²) in [4.78, 5) is 38.4. The highest BCUT2D eigenvalue weighted by molar-refractivity contribution is 5.71. The third-order valence-corrected chi connectivity index (χ3v) is 14.6. The van der Waals surface area contributed by atoms with Crippen LogP contribution in [0.5, 0.6) is 0 Å². The summed E-state index contributed by atoms with van der Waals surface area (Å²) in [6.45, 7) is 6.40. The molecule has 0 bridgehead atoms. The van der Waals surface area contributed by atoms with Crippen LogP contribution in [0, 0.1) is 0 Å². The molecule has 0 aromatic rings. The molecule has 0 amide bonds. The van der Waals surface area contributed by atoms with Crippen LogP contribution in [-0.4, -0.2) is 37.2 Å². The summed E-state index contributed by atoms with van der Waals surface area (Å²) in [6, 6.07) is 0. The highest BCUT2D eigenvalue weighted by atomic mass is 16.6. The van der Waals surface area contributed by atoms with E-state index in [0.717, 1.165) is 141 Å². The molecular weight excluding hydrogens is 1020 g/mol. The molecule has 0 fully saturated rings. The maximum atomic E-state index is 13.0. The Balaban J connectivity index is 4.39. The van der Waals surface area contributed by atoms with Gasteiger partial charge in [-0.3, -0.25) is 14.4 Å². The highest BCUT2D eigenvalue weighted by Crippen LogP contribution is 2.16. The zero-order valence-corrected chi connectivity index (χ0v) is 54.2. The van der Waals surface area contributed by atoms with Crippen LogP contribution in [0.2, 0.25) is 0 Å². The molecule has 0 saturated carbocycles. The second kappa shape index (κ2) is 70.0. The molecule has 0 aliphatic heterocycles. The summed E-state index contributed by atoms with van der Waals surface area (Å²) < 4.78 is 17.0. The largest absolute Gasteiger partial charge is 0.462 e. The summed E-state index contributed by atoms with van der Waals surface area (Å²) in [5.74, 6) is -0.920. The third kappa shape index (κ3) is 68.2. The zero-order chi connectivity index (χ0) is 59.9. The van der Waals surface area contributed by atoms with Crippen molar-refractivity contribution in [3.8, 4) is 0 Å². The molecule has 0 spiro atoms. The van der Waals surface area contributed by atoms with E-state index in [4.69, 9.17) is 14.2 Å². The van der Waals surface area contributed by atoms with Gasteiger partial charge in [-0.15, -0.1) is 0 Å². The van der Waals surface area contributed by atoms with E-state index in [1.807, 2.05) is 0 Å². The molecule has 472 valence electrons. The predicted octanol–water partition coefficient (Wildman–Crippen LogP) is 24.1. The van der Waals surface area contributed by atoms with Gasteiger partial charge in [0.25, 0.3) is 0 Å². The van der Waals surface area contributed by atoms with Crippen LogP contribution < -0.4 is 0 Å². The Kier molecular flexibility index (Phi) is 66.3. The lowest BCUT2D eigenvalue weighted by molar-refractivity contribution is -0.167. The summed E-state index contributed by atoms with van der Waals surface area (Å²) in [5, 5.41) is 0. The Morgan fingerprint density at radius 2 is 0.470 bits per heavy atom. The zero-order valence-electron chi connectivity index (χ0n) is 54.2. The number of hydrogen-bond donors (Lipinski definition) is 0. The van der Waals surface area contributed by atoms with Crippen molar-refractivity contribution >= 4 is 17.9 Å². The molecule has 83 heavy (non-hydrogen) atoms. The van der Waals surface area contributed by atoms with Crippen LogP contribution in [0.3, 0.4) is 0 Å². The van der Waals surface area contributed by atoms with Crippen molar-refractivity contribution in [1.29, 1.82) is 0 Å². The number of hydrogen-bond acceptors (Lipinski definition) is 6. The lowest BCUT2D eigenvalue weighted by atomic mass is 10.0. The van der Waals surface area contributed by atoms with E-state index < -0.39 is 6.10 Å². The Bertz CT molecular complexity index is 1750. The topological polar surface area (TPSA) is 78.9 Å². The smallest absolute Gasteiger partial charge is 0.306 e. The average Bonchev–Trinajstić information content (AvgIpc) is 3.49. The molecular formula is C77H128O6. The van der Waals surface area contributed by atoms with Gasteiger partial charge >= 0.3 is 17.9 Å². The fourth-order valence-electron chi connectivity index (χ4n) is 9.49. The van der Waals surface area contributed by atoms with Crippen LogP contribution in [0.1, 0.15) is 316 Å². The van der Waals surface area contributed by atoms with Gasteiger partial charge in [0, 0.05) is 19.3 Å². The van der Waals surface area contributed by atoms with Gasteiger partial charge < -0.3 is 14.2 Å². The lowest BCUT2D eigenvalue weighted by Crippen LogP contribution is -2.30. The van der Waals surface area contributed by atoms with Crippen molar-refractivity contribution < 1.29 is 28.6 Å². The number of rotatable bonds is 62. The van der Waals surface area contributed by atoms with E-state index >= 15 is 0 Å². The Morgan fingerprint density at radius 1 is 0.253 bits per heavy atom. The van der Waals surface area contributed by atoms with Crippen molar-refractivity contribution in [3.05, 3.63) is 134 Å². The van der Waals surface area contributed by atoms with Gasteiger partial charge in [-0.2, -0.15) is 0 Å². The van der Waals surface area contributed by atoms with Crippen molar-refractivity contribution in [2.75, 3.05) is 13.2 Å². The molecule has 6 heteroatoms. The number of esters is 3. The van der Waals surface area contributed by atoms with Gasteiger partial charge in [0.1, 0.15) is 13.2 Å². The minimum absolute atomic E-state index is 0.0934. The molecule has 1 unspecified atom stereocenters. The average molecular weight is 1150 g/mol. The molecule has 0 saturated heterocycles. The monoisotopic (exact) mass is 1150 g/mol. The molecule has 0 N–H and O–H groups in total. The van der Waals surface area contributed by atoms with Crippen molar-refractivity contribution in [2.45, 2.75) is 322 Å². The van der Waals surface area contributed by atoms with Crippen molar-refractivity contribution in [1.82, 2.24) is 0 Å². The summed E-state index contributed by atoms with van der Waals surface area (Å²) >= 11 is 0. The second-order valence-corrected chi connectivity index (χ2v) is 22.7. The molecule has 1 atom stereocenters. The van der Waals surface area contributed by atoms with Gasteiger partial charge in [-0.25, -0.2) is 0 Å². The van der Waals surface area contributed by atoms with Crippen LogP contribution in [0.4, 0.5) is 0 Å². The fraction of sp³-hybridized carbons (Fsp3) is 0.675. The van der Waals surface area contributed by atoms with Gasteiger partial charge in [0.05, 0.1) is 0 Å². The molecule has 0 aliphatic rings. The van der Waals surface area contributed by atoms with E-state index in [1.165, 1.54) is 135 Å². The first kappa shape index (κ1) is 78.5. The fourth-order valence-corrected chi connectivity index (χ4v) is 9.49. The summed E-state index contributed by atoms with van der Waals surface area (Å²) in [6.07, 6.45) is 98.9. The molecule has 0 radical (unpaired) electrons. The Hall–Kier alpha value is -4.45. The number of unbranched alkanes of at least 4 members (excludes halogenated alkanes) is 29. The van der Waals surface area contributed by atoms with Gasteiger partial charge in [0.2, 0.25) is 0 Å². The first-order chi connectivity index (χ1) is 41.0. The SMILES string of the molecule is CC/C=C\C/C=C\C/C=C\C/C=C\C/C=C\C/C=C\CCCCCCC(=O)OC(COC(=O)CCCCCCC/C=C\CCCCCCCC)COC(=O)CCCCCCCCCCCCCCCC/C=C\C/C=C\C/C=C\C/C=C\CC. The van der Waals surface area contributed by atoms with Crippen LogP contribution in [0.15, 0.2) is 134 Å². The van der Waals surface area contributed by atoms with E-state index in [2.05, 4.69) is 154 Å². The third-order valence-electron chi connectivity index (χ3n) is 14.6. The highest BCUT2D eigenvalue weighted by Gasteiger charge is 2.19. The minimum atomic E-state index is -0.801. The molecule has 0 heterocycles. The standard InChI is InChI=1S/C77H128O6/c1-4-7-10-13-16-19-22-25-28-30-32-34-36-37-38-39-41-42-44-46-49-52-55-58-61-64-67-70-76(79)82-73-74(72-81-75(78)69-66-63-60-57-54-51-48-27-24-21-18-15-12-9-6-3)83-77(80)71-68-65-62-59-56-53-50-47-45-43-40-35-33-31-29-26-23-20-17-14-11-8-5-2/h7-8,10-11,16-17,19-20,25-29,32-35,43,45,48,50,53,74H,4-6,9,12-15,18,21-24,30-31,36-42,44,46-47,49,51-52,54-73H2,1-3H3/b10-7-,11-8-,19-16-,20-17-,28-25-,29-26-,34-32-,35-33-,45-43-,48-27-,53-50-. The second-order valence-electron chi connectivity index (χ2n) is 22.7. The maximum absolute atomic E-state index is 13.0. The first-order valence-electron chi connectivity index (χ1n) is 34.7. The van der Waals surface area contributed by atoms with Crippen LogP contribution in [-0.2, 0) is 28.6 Å². The minimum Gasteiger partial charge on any atom is -0.462 e. The number of carbonyl (C=O) groups is 3. The molecule has 0 rings (SSSR count). The van der Waals surface area contributed by atoms with E-state index in [0.29, 0.717) is 19.3 Å². The summed E-state index contributed by atoms with van der Waals surface area (Å²) in [7, 11) is 0. The van der Waals surface area contributed by atoms with Gasteiger partial charge in [-0.1, -0.05) is 296 Å². The van der Waals surface area contributed by atoms with Gasteiger partial charge in [-0.05, 0) is 135 Å². The molecule has 6 nitrogen and oxygen atoms in total. The normalized spacial score (nSPS) is 13.0. The van der Waals surface area contributed by atoms with Crippen molar-refractivity contribution in [3.63, 3.8) is 0 Å². The summed E-state index contributed by atoms with van der Waals surface area (Å²) in [5.41, 5.74) is 0. The number of allylic oxidation sites excluding steroid dienone is 22. The Morgan fingerprint density at radius 3 is 0.747 bits per heavy atom. The first-order valence-corrected chi connectivity index (χ1v) is 34.7. The molecule has 0 aromatic carbocycles. The Labute approximate surface area is 513 Å².